The highest BCUT2D eigenvalue weighted by Gasteiger charge is 2.29. The van der Waals surface area contributed by atoms with Crippen molar-refractivity contribution < 1.29 is 9.59 Å². The molecule has 1 fully saturated rings. The molecule has 0 aliphatic carbocycles. The van der Waals surface area contributed by atoms with Crippen LogP contribution in [0.4, 0.5) is 5.69 Å². The standard InChI is InChI=1S/C23H25N5O2/c1-15-7-8-19(11-16(15)2)25-22(29)18-6-4-10-28(14-18)23(30)21-12-20(26-27-21)17-5-3-9-24-13-17/h3,5,7-9,11-13,18H,4,6,10,14H2,1-2H3,(H,25,29)(H,26,27)/t18-/m0/s1. The van der Waals surface area contributed by atoms with Gasteiger partial charge in [-0.1, -0.05) is 6.07 Å². The number of piperidine rings is 1. The monoisotopic (exact) mass is 403 g/mol. The molecule has 154 valence electrons. The molecule has 0 spiro atoms. The van der Waals surface area contributed by atoms with Gasteiger partial charge in [0.15, 0.2) is 0 Å². The van der Waals surface area contributed by atoms with Crippen molar-refractivity contribution in [3.05, 3.63) is 65.6 Å². The average molecular weight is 403 g/mol. The molecular formula is C23H25N5O2. The Labute approximate surface area is 175 Å². The number of hydrogen-bond donors (Lipinski definition) is 2. The number of anilines is 1. The first-order valence-corrected chi connectivity index (χ1v) is 10.1. The van der Waals surface area contributed by atoms with Crippen LogP contribution in [0.15, 0.2) is 48.8 Å². The van der Waals surface area contributed by atoms with Crippen LogP contribution in [0.2, 0.25) is 0 Å². The fraction of sp³-hybridized carbons (Fsp3) is 0.304. The Kier molecular flexibility index (Phi) is 5.61. The van der Waals surface area contributed by atoms with E-state index in [9.17, 15) is 9.59 Å². The van der Waals surface area contributed by atoms with E-state index in [0.29, 0.717) is 24.5 Å². The summed E-state index contributed by atoms with van der Waals surface area (Å²) < 4.78 is 0. The smallest absolute Gasteiger partial charge is 0.271 e. The summed E-state index contributed by atoms with van der Waals surface area (Å²) in [6.45, 7) is 5.10. The number of rotatable bonds is 4. The summed E-state index contributed by atoms with van der Waals surface area (Å²) in [4.78, 5) is 31.6. The number of aryl methyl sites for hydroxylation is 2. The number of pyridine rings is 1. The normalized spacial score (nSPS) is 16.3. The minimum absolute atomic E-state index is 0.0450. The molecule has 0 bridgehead atoms. The van der Waals surface area contributed by atoms with Crippen molar-refractivity contribution in [2.45, 2.75) is 26.7 Å². The van der Waals surface area contributed by atoms with Crippen LogP contribution in [-0.2, 0) is 4.79 Å². The molecule has 1 saturated heterocycles. The molecular weight excluding hydrogens is 378 g/mol. The molecule has 30 heavy (non-hydrogen) atoms. The van der Waals surface area contributed by atoms with Crippen LogP contribution < -0.4 is 5.32 Å². The van der Waals surface area contributed by atoms with Crippen LogP contribution in [0.3, 0.4) is 0 Å². The van der Waals surface area contributed by atoms with Crippen molar-refractivity contribution >= 4 is 17.5 Å². The van der Waals surface area contributed by atoms with Crippen molar-refractivity contribution in [2.24, 2.45) is 5.92 Å². The number of nitrogens with one attached hydrogen (secondary N) is 2. The van der Waals surface area contributed by atoms with Crippen molar-refractivity contribution in [1.29, 1.82) is 0 Å². The van der Waals surface area contributed by atoms with E-state index in [1.807, 2.05) is 44.2 Å². The SMILES string of the molecule is Cc1ccc(NC(=O)[C@H]2CCCN(C(=O)c3cc(-c4cccnc4)n[nH]3)C2)cc1C. The number of carbonyl (C=O) groups is 2. The molecule has 3 heterocycles. The predicted octanol–water partition coefficient (Wildman–Crippen LogP) is 3.58. The number of H-pyrrole nitrogens is 1. The maximum absolute atomic E-state index is 13.0. The summed E-state index contributed by atoms with van der Waals surface area (Å²) in [6, 6.07) is 11.3. The lowest BCUT2D eigenvalue weighted by molar-refractivity contribution is -0.121. The van der Waals surface area contributed by atoms with E-state index in [-0.39, 0.29) is 17.7 Å². The van der Waals surface area contributed by atoms with E-state index in [2.05, 4.69) is 20.5 Å². The first-order chi connectivity index (χ1) is 14.5. The summed E-state index contributed by atoms with van der Waals surface area (Å²) in [5, 5.41) is 10.1. The highest BCUT2D eigenvalue weighted by molar-refractivity contribution is 5.96. The number of likely N-dealkylation sites (tertiary alicyclic amines) is 1. The third-order valence-corrected chi connectivity index (χ3v) is 5.62. The summed E-state index contributed by atoms with van der Waals surface area (Å²) in [6.07, 6.45) is 4.96. The number of hydrogen-bond acceptors (Lipinski definition) is 4. The third-order valence-electron chi connectivity index (χ3n) is 5.62. The first-order valence-electron chi connectivity index (χ1n) is 10.1. The zero-order valence-corrected chi connectivity index (χ0v) is 17.2. The van der Waals surface area contributed by atoms with Gasteiger partial charge in [0.25, 0.3) is 5.91 Å². The van der Waals surface area contributed by atoms with E-state index in [1.165, 1.54) is 5.56 Å². The van der Waals surface area contributed by atoms with Gasteiger partial charge in [-0.25, -0.2) is 0 Å². The maximum atomic E-state index is 13.0. The van der Waals surface area contributed by atoms with Gasteiger partial charge in [-0.05, 0) is 68.1 Å². The lowest BCUT2D eigenvalue weighted by Crippen LogP contribution is -2.43. The van der Waals surface area contributed by atoms with Crippen molar-refractivity contribution in [3.8, 4) is 11.3 Å². The maximum Gasteiger partial charge on any atom is 0.271 e. The number of aromatic amines is 1. The molecule has 1 aliphatic heterocycles. The Morgan fingerprint density at radius 1 is 1.17 bits per heavy atom. The van der Waals surface area contributed by atoms with Gasteiger partial charge in [0.05, 0.1) is 11.6 Å². The predicted molar refractivity (Wildman–Crippen MR) is 115 cm³/mol. The van der Waals surface area contributed by atoms with Gasteiger partial charge in [-0.3, -0.25) is 19.7 Å². The van der Waals surface area contributed by atoms with Crippen molar-refractivity contribution in [2.75, 3.05) is 18.4 Å². The number of benzene rings is 1. The second kappa shape index (κ2) is 8.49. The van der Waals surface area contributed by atoms with Gasteiger partial charge >= 0.3 is 0 Å². The molecule has 4 rings (SSSR count). The second-order valence-electron chi connectivity index (χ2n) is 7.79. The van der Waals surface area contributed by atoms with Gasteiger partial charge in [-0.15, -0.1) is 0 Å². The highest BCUT2D eigenvalue weighted by Crippen LogP contribution is 2.23. The fourth-order valence-corrected chi connectivity index (χ4v) is 3.70. The summed E-state index contributed by atoms with van der Waals surface area (Å²) >= 11 is 0. The highest BCUT2D eigenvalue weighted by atomic mass is 16.2. The summed E-state index contributed by atoms with van der Waals surface area (Å²) in [5.41, 5.74) is 5.06. The van der Waals surface area contributed by atoms with Crippen LogP contribution in [-0.4, -0.2) is 45.0 Å². The molecule has 2 N–H and O–H groups in total. The zero-order valence-electron chi connectivity index (χ0n) is 17.2. The van der Waals surface area contributed by atoms with Gasteiger partial charge in [0, 0.05) is 36.7 Å². The van der Waals surface area contributed by atoms with Crippen LogP contribution in [0, 0.1) is 19.8 Å². The molecule has 7 nitrogen and oxygen atoms in total. The number of amides is 2. The lowest BCUT2D eigenvalue weighted by Gasteiger charge is -2.31. The first kappa shape index (κ1) is 19.8. The Hall–Kier alpha value is -3.48. The second-order valence-corrected chi connectivity index (χ2v) is 7.79. The van der Waals surface area contributed by atoms with E-state index < -0.39 is 0 Å². The zero-order chi connectivity index (χ0) is 21.1. The fourth-order valence-electron chi connectivity index (χ4n) is 3.70. The van der Waals surface area contributed by atoms with E-state index >= 15 is 0 Å². The minimum atomic E-state index is -0.231. The van der Waals surface area contributed by atoms with Crippen LogP contribution >= 0.6 is 0 Å². The van der Waals surface area contributed by atoms with Crippen molar-refractivity contribution in [3.63, 3.8) is 0 Å². The lowest BCUT2D eigenvalue weighted by atomic mass is 9.96. The molecule has 2 aromatic heterocycles. The largest absolute Gasteiger partial charge is 0.337 e. The van der Waals surface area contributed by atoms with Crippen LogP contribution in [0.1, 0.15) is 34.5 Å². The summed E-state index contributed by atoms with van der Waals surface area (Å²) in [5.74, 6) is -0.414. The Balaban J connectivity index is 1.42. The Morgan fingerprint density at radius 3 is 2.80 bits per heavy atom. The quantitative estimate of drug-likeness (QED) is 0.697. The minimum Gasteiger partial charge on any atom is -0.337 e. The molecule has 0 unspecified atom stereocenters. The Morgan fingerprint density at radius 2 is 2.03 bits per heavy atom. The van der Waals surface area contributed by atoms with Crippen molar-refractivity contribution in [1.82, 2.24) is 20.1 Å². The van der Waals surface area contributed by atoms with Gasteiger partial charge < -0.3 is 10.2 Å². The third kappa shape index (κ3) is 4.25. The topological polar surface area (TPSA) is 91.0 Å². The van der Waals surface area contributed by atoms with Gasteiger partial charge in [-0.2, -0.15) is 5.10 Å². The molecule has 7 heteroatoms. The van der Waals surface area contributed by atoms with E-state index in [1.54, 1.807) is 23.4 Å². The molecule has 1 aliphatic rings. The van der Waals surface area contributed by atoms with Crippen LogP contribution in [0.25, 0.3) is 11.3 Å². The molecule has 1 aromatic carbocycles. The van der Waals surface area contributed by atoms with E-state index in [0.717, 1.165) is 29.7 Å². The molecule has 0 saturated carbocycles. The van der Waals surface area contributed by atoms with Gasteiger partial charge in [0.1, 0.15) is 5.69 Å². The molecule has 2 amide bonds. The Bertz CT molecular complexity index is 1060. The number of nitrogens with zero attached hydrogens (tertiary/aromatic N) is 3. The van der Waals surface area contributed by atoms with Crippen LogP contribution in [0.5, 0.6) is 0 Å². The molecule has 1 atom stereocenters. The van der Waals surface area contributed by atoms with Gasteiger partial charge in [0.2, 0.25) is 5.91 Å². The molecule has 3 aromatic rings. The number of carbonyl (C=O) groups excluding carboxylic acids is 2. The number of aromatic nitrogens is 3. The summed E-state index contributed by atoms with van der Waals surface area (Å²) in [7, 11) is 0. The molecule has 0 radical (unpaired) electrons. The van der Waals surface area contributed by atoms with E-state index in [4.69, 9.17) is 0 Å². The average Bonchev–Trinajstić information content (AvgIpc) is 3.27.